The average molecular weight is 307 g/mol. The third-order valence-corrected chi connectivity index (χ3v) is 4.12. The van der Waals surface area contributed by atoms with Crippen LogP contribution in [0, 0.1) is 0 Å². The fourth-order valence-electron chi connectivity index (χ4n) is 2.87. The summed E-state index contributed by atoms with van der Waals surface area (Å²) in [6.45, 7) is 2.16. The van der Waals surface area contributed by atoms with Gasteiger partial charge in [-0.3, -0.25) is 9.36 Å². The lowest BCUT2D eigenvalue weighted by molar-refractivity contribution is 0.414. The largest absolute Gasteiger partial charge is 0.497 e. The minimum atomic E-state index is 0.0411. The fourth-order valence-corrected chi connectivity index (χ4v) is 2.87. The van der Waals surface area contributed by atoms with E-state index in [2.05, 4.69) is 13.0 Å². The summed E-state index contributed by atoms with van der Waals surface area (Å²) in [5.41, 5.74) is 1.98. The SMILES string of the molecule is CCCCc1cc2ccccc2c(=O)n1-c1ccc(OC)cc1. The van der Waals surface area contributed by atoms with Gasteiger partial charge in [0, 0.05) is 16.8 Å². The average Bonchev–Trinajstić information content (AvgIpc) is 2.60. The van der Waals surface area contributed by atoms with Crippen molar-refractivity contribution in [2.24, 2.45) is 0 Å². The first-order chi connectivity index (χ1) is 11.2. The van der Waals surface area contributed by atoms with Crippen LogP contribution in [0.15, 0.2) is 59.4 Å². The van der Waals surface area contributed by atoms with Crippen molar-refractivity contribution >= 4 is 10.8 Å². The molecule has 23 heavy (non-hydrogen) atoms. The quantitative estimate of drug-likeness (QED) is 0.702. The van der Waals surface area contributed by atoms with Crippen LogP contribution in [0.25, 0.3) is 16.5 Å². The lowest BCUT2D eigenvalue weighted by Crippen LogP contribution is -2.22. The summed E-state index contributed by atoms with van der Waals surface area (Å²) in [7, 11) is 1.64. The second-order valence-corrected chi connectivity index (χ2v) is 5.67. The van der Waals surface area contributed by atoms with Gasteiger partial charge in [-0.15, -0.1) is 0 Å². The molecule has 0 bridgehead atoms. The fraction of sp³-hybridized carbons (Fsp3) is 0.250. The van der Waals surface area contributed by atoms with Crippen molar-refractivity contribution in [3.8, 4) is 11.4 Å². The second kappa shape index (κ2) is 6.69. The zero-order valence-corrected chi connectivity index (χ0v) is 13.6. The molecule has 1 aromatic heterocycles. The second-order valence-electron chi connectivity index (χ2n) is 5.67. The first kappa shape index (κ1) is 15.3. The normalized spacial score (nSPS) is 10.9. The molecule has 3 heteroatoms. The van der Waals surface area contributed by atoms with E-state index < -0.39 is 0 Å². The number of fused-ring (bicyclic) bond motifs is 1. The van der Waals surface area contributed by atoms with E-state index in [9.17, 15) is 4.79 Å². The summed E-state index contributed by atoms with van der Waals surface area (Å²) < 4.78 is 7.04. The van der Waals surface area contributed by atoms with Gasteiger partial charge in [0.15, 0.2) is 0 Å². The Morgan fingerprint density at radius 3 is 2.48 bits per heavy atom. The smallest absolute Gasteiger partial charge is 0.263 e. The summed E-state index contributed by atoms with van der Waals surface area (Å²) in [4.78, 5) is 13.0. The third kappa shape index (κ3) is 3.00. The summed E-state index contributed by atoms with van der Waals surface area (Å²) in [5, 5.41) is 1.76. The summed E-state index contributed by atoms with van der Waals surface area (Å²) in [6.07, 6.45) is 3.06. The predicted octanol–water partition coefficient (Wildman–Crippen LogP) is 4.34. The molecule has 0 atom stereocenters. The van der Waals surface area contributed by atoms with E-state index in [0.717, 1.165) is 47.2 Å². The third-order valence-electron chi connectivity index (χ3n) is 4.12. The molecule has 0 aliphatic carbocycles. The monoisotopic (exact) mass is 307 g/mol. The van der Waals surface area contributed by atoms with Gasteiger partial charge in [-0.25, -0.2) is 0 Å². The molecule has 1 heterocycles. The Kier molecular flexibility index (Phi) is 4.47. The van der Waals surface area contributed by atoms with E-state index in [1.54, 1.807) is 7.11 Å². The number of methoxy groups -OCH3 is 1. The van der Waals surface area contributed by atoms with Crippen molar-refractivity contribution in [2.75, 3.05) is 7.11 Å². The molecule has 0 aliphatic rings. The molecule has 3 aromatic rings. The number of rotatable bonds is 5. The Labute approximate surface area is 136 Å². The molecule has 0 amide bonds. The topological polar surface area (TPSA) is 31.2 Å². The van der Waals surface area contributed by atoms with Crippen molar-refractivity contribution < 1.29 is 4.74 Å². The number of pyridine rings is 1. The minimum Gasteiger partial charge on any atom is -0.497 e. The maximum Gasteiger partial charge on any atom is 0.263 e. The number of benzene rings is 2. The highest BCUT2D eigenvalue weighted by Crippen LogP contribution is 2.19. The summed E-state index contributed by atoms with van der Waals surface area (Å²) in [6, 6.07) is 17.6. The number of hydrogen-bond donors (Lipinski definition) is 0. The molecular weight excluding hydrogens is 286 g/mol. The molecule has 3 nitrogen and oxygen atoms in total. The van der Waals surface area contributed by atoms with Gasteiger partial charge in [0.05, 0.1) is 7.11 Å². The summed E-state index contributed by atoms with van der Waals surface area (Å²) >= 11 is 0. The van der Waals surface area contributed by atoms with Gasteiger partial charge in [-0.1, -0.05) is 31.5 Å². The Morgan fingerprint density at radius 2 is 1.78 bits per heavy atom. The number of ether oxygens (including phenoxy) is 1. The molecule has 0 spiro atoms. The molecule has 0 radical (unpaired) electrons. The maximum absolute atomic E-state index is 13.0. The molecule has 118 valence electrons. The first-order valence-corrected chi connectivity index (χ1v) is 8.02. The highest BCUT2D eigenvalue weighted by molar-refractivity contribution is 5.82. The molecule has 0 N–H and O–H groups in total. The van der Waals surface area contributed by atoms with Gasteiger partial charge in [-0.2, -0.15) is 0 Å². The Balaban J connectivity index is 2.22. The van der Waals surface area contributed by atoms with E-state index in [1.165, 1.54) is 0 Å². The molecular formula is C20H21NO2. The number of aryl methyl sites for hydroxylation is 1. The molecule has 2 aromatic carbocycles. The number of hydrogen-bond acceptors (Lipinski definition) is 2. The Bertz CT molecular complexity index is 863. The van der Waals surface area contributed by atoms with E-state index in [4.69, 9.17) is 4.74 Å². The van der Waals surface area contributed by atoms with Gasteiger partial charge in [-0.05, 0) is 54.6 Å². The van der Waals surface area contributed by atoms with Crippen LogP contribution in [0.4, 0.5) is 0 Å². The molecule has 0 unspecified atom stereocenters. The van der Waals surface area contributed by atoms with Crippen LogP contribution in [0.5, 0.6) is 5.75 Å². The Morgan fingerprint density at radius 1 is 1.04 bits per heavy atom. The van der Waals surface area contributed by atoms with Gasteiger partial charge in [0.1, 0.15) is 5.75 Å². The standard InChI is InChI=1S/C20H21NO2/c1-3-4-8-17-14-15-7-5-6-9-19(15)20(22)21(17)16-10-12-18(23-2)13-11-16/h5-7,9-14H,3-4,8H2,1-2H3. The van der Waals surface area contributed by atoms with Crippen LogP contribution in [-0.2, 0) is 6.42 Å². The number of nitrogens with zero attached hydrogens (tertiary/aromatic N) is 1. The van der Waals surface area contributed by atoms with E-state index in [1.807, 2.05) is 53.1 Å². The van der Waals surface area contributed by atoms with Crippen molar-refractivity contribution in [2.45, 2.75) is 26.2 Å². The van der Waals surface area contributed by atoms with Crippen molar-refractivity contribution in [1.82, 2.24) is 4.57 Å². The molecule has 0 saturated heterocycles. The van der Waals surface area contributed by atoms with Crippen LogP contribution < -0.4 is 10.3 Å². The van der Waals surface area contributed by atoms with E-state index in [0.29, 0.717) is 0 Å². The Hall–Kier alpha value is -2.55. The number of unbranched alkanes of at least 4 members (excludes halogenated alkanes) is 1. The number of aromatic nitrogens is 1. The van der Waals surface area contributed by atoms with Crippen LogP contribution >= 0.6 is 0 Å². The molecule has 3 rings (SSSR count). The van der Waals surface area contributed by atoms with Crippen LogP contribution in [0.2, 0.25) is 0 Å². The van der Waals surface area contributed by atoms with Crippen LogP contribution in [0.1, 0.15) is 25.5 Å². The van der Waals surface area contributed by atoms with Gasteiger partial charge >= 0.3 is 0 Å². The predicted molar refractivity (Wildman–Crippen MR) is 94.7 cm³/mol. The van der Waals surface area contributed by atoms with E-state index >= 15 is 0 Å². The lowest BCUT2D eigenvalue weighted by Gasteiger charge is -2.15. The lowest BCUT2D eigenvalue weighted by atomic mass is 10.1. The highest BCUT2D eigenvalue weighted by Gasteiger charge is 2.10. The van der Waals surface area contributed by atoms with Crippen LogP contribution in [0.3, 0.4) is 0 Å². The van der Waals surface area contributed by atoms with Gasteiger partial charge in [0.2, 0.25) is 0 Å². The van der Waals surface area contributed by atoms with Crippen molar-refractivity contribution in [3.63, 3.8) is 0 Å². The molecule has 0 fully saturated rings. The van der Waals surface area contributed by atoms with Crippen molar-refractivity contribution in [1.29, 1.82) is 0 Å². The van der Waals surface area contributed by atoms with Crippen molar-refractivity contribution in [3.05, 3.63) is 70.6 Å². The van der Waals surface area contributed by atoms with Gasteiger partial charge in [0.25, 0.3) is 5.56 Å². The van der Waals surface area contributed by atoms with E-state index in [-0.39, 0.29) is 5.56 Å². The highest BCUT2D eigenvalue weighted by atomic mass is 16.5. The van der Waals surface area contributed by atoms with Crippen LogP contribution in [-0.4, -0.2) is 11.7 Å². The zero-order chi connectivity index (χ0) is 16.2. The molecule has 0 saturated carbocycles. The minimum absolute atomic E-state index is 0.0411. The zero-order valence-electron chi connectivity index (χ0n) is 13.6. The summed E-state index contributed by atoms with van der Waals surface area (Å²) in [5.74, 6) is 0.790. The molecule has 0 aliphatic heterocycles. The first-order valence-electron chi connectivity index (χ1n) is 8.02. The maximum atomic E-state index is 13.0. The van der Waals surface area contributed by atoms with Gasteiger partial charge < -0.3 is 4.74 Å².